The SMILES string of the molecule is O=C(Nc1cccc(C(F)(F)F)c1)c1cccnc1Cl.[Cl-]. The molecule has 0 fully saturated rings. The summed E-state index contributed by atoms with van der Waals surface area (Å²) in [6.07, 6.45) is -3.06. The highest BCUT2D eigenvalue weighted by molar-refractivity contribution is 6.33. The van der Waals surface area contributed by atoms with Gasteiger partial charge in [0.2, 0.25) is 0 Å². The Morgan fingerprint density at radius 1 is 1.19 bits per heavy atom. The topological polar surface area (TPSA) is 42.0 Å². The van der Waals surface area contributed by atoms with Crippen LogP contribution in [0.2, 0.25) is 5.15 Å². The standard InChI is InChI=1S/C13H8ClF3N2O.ClH/c14-11-10(5-2-6-18-11)12(20)19-9-4-1-3-8(7-9)13(15,16)17;/h1-7H,(H,19,20);1H/p-1. The van der Waals surface area contributed by atoms with Crippen molar-refractivity contribution < 1.29 is 30.4 Å². The number of halogens is 5. The third-order valence-electron chi connectivity index (χ3n) is 2.45. The summed E-state index contributed by atoms with van der Waals surface area (Å²) >= 11 is 5.74. The zero-order valence-electron chi connectivity index (χ0n) is 10.3. The van der Waals surface area contributed by atoms with Gasteiger partial charge in [-0.1, -0.05) is 17.7 Å². The van der Waals surface area contributed by atoms with Crippen LogP contribution in [0.25, 0.3) is 0 Å². The molecule has 1 aromatic carbocycles. The van der Waals surface area contributed by atoms with Gasteiger partial charge < -0.3 is 17.7 Å². The van der Waals surface area contributed by atoms with E-state index in [1.165, 1.54) is 30.5 Å². The van der Waals surface area contributed by atoms with E-state index in [9.17, 15) is 18.0 Å². The van der Waals surface area contributed by atoms with Crippen LogP contribution in [0.5, 0.6) is 0 Å². The van der Waals surface area contributed by atoms with Crippen molar-refractivity contribution in [1.82, 2.24) is 4.98 Å². The van der Waals surface area contributed by atoms with Crippen molar-refractivity contribution in [2.45, 2.75) is 6.18 Å². The predicted octanol–water partition coefficient (Wildman–Crippen LogP) is 1.01. The molecule has 21 heavy (non-hydrogen) atoms. The summed E-state index contributed by atoms with van der Waals surface area (Å²) in [6, 6.07) is 7.28. The van der Waals surface area contributed by atoms with Crippen molar-refractivity contribution in [3.8, 4) is 0 Å². The molecule has 0 aliphatic rings. The summed E-state index contributed by atoms with van der Waals surface area (Å²) in [7, 11) is 0. The van der Waals surface area contributed by atoms with Crippen LogP contribution in [0.1, 0.15) is 15.9 Å². The fraction of sp³-hybridized carbons (Fsp3) is 0.0769. The van der Waals surface area contributed by atoms with Gasteiger partial charge in [0.05, 0.1) is 11.1 Å². The molecule has 0 spiro atoms. The molecular weight excluding hydrogens is 328 g/mol. The molecule has 1 heterocycles. The lowest BCUT2D eigenvalue weighted by Crippen LogP contribution is -3.00. The first kappa shape index (κ1) is 17.3. The fourth-order valence-electron chi connectivity index (χ4n) is 1.53. The van der Waals surface area contributed by atoms with Crippen LogP contribution >= 0.6 is 11.6 Å². The van der Waals surface area contributed by atoms with E-state index >= 15 is 0 Å². The Morgan fingerprint density at radius 2 is 1.90 bits per heavy atom. The number of anilines is 1. The van der Waals surface area contributed by atoms with Gasteiger partial charge in [-0.3, -0.25) is 4.79 Å². The monoisotopic (exact) mass is 335 g/mol. The van der Waals surface area contributed by atoms with E-state index in [-0.39, 0.29) is 28.8 Å². The number of alkyl halides is 3. The third kappa shape index (κ3) is 4.34. The van der Waals surface area contributed by atoms with Crippen molar-refractivity contribution in [1.29, 1.82) is 0 Å². The Bertz CT molecular complexity index is 647. The van der Waals surface area contributed by atoms with Gasteiger partial charge in [0.25, 0.3) is 5.91 Å². The Morgan fingerprint density at radius 3 is 2.52 bits per heavy atom. The Balaban J connectivity index is 0.00000220. The van der Waals surface area contributed by atoms with Crippen LogP contribution in [0.4, 0.5) is 18.9 Å². The molecule has 0 saturated heterocycles. The molecule has 1 aromatic heterocycles. The molecule has 1 amide bonds. The van der Waals surface area contributed by atoms with E-state index in [0.29, 0.717) is 0 Å². The summed E-state index contributed by atoms with van der Waals surface area (Å²) < 4.78 is 37.6. The molecule has 0 atom stereocenters. The van der Waals surface area contributed by atoms with Crippen LogP contribution in [-0.2, 0) is 6.18 Å². The molecule has 0 unspecified atom stereocenters. The third-order valence-corrected chi connectivity index (χ3v) is 2.75. The highest BCUT2D eigenvalue weighted by atomic mass is 35.5. The van der Waals surface area contributed by atoms with Crippen LogP contribution < -0.4 is 17.7 Å². The van der Waals surface area contributed by atoms with Crippen molar-refractivity contribution in [3.05, 3.63) is 58.9 Å². The number of amides is 1. The molecule has 2 rings (SSSR count). The average Bonchev–Trinajstić information content (AvgIpc) is 2.38. The average molecular weight is 336 g/mol. The number of hydrogen-bond acceptors (Lipinski definition) is 2. The zero-order chi connectivity index (χ0) is 14.8. The lowest BCUT2D eigenvalue weighted by molar-refractivity contribution is -0.137. The van der Waals surface area contributed by atoms with Gasteiger partial charge >= 0.3 is 6.18 Å². The van der Waals surface area contributed by atoms with Crippen LogP contribution in [0.15, 0.2) is 42.6 Å². The molecule has 0 aliphatic heterocycles. The number of nitrogens with zero attached hydrogens (tertiary/aromatic N) is 1. The predicted molar refractivity (Wildman–Crippen MR) is 68.6 cm³/mol. The van der Waals surface area contributed by atoms with E-state index < -0.39 is 17.6 Å². The van der Waals surface area contributed by atoms with E-state index in [2.05, 4.69) is 10.3 Å². The number of nitrogens with one attached hydrogen (secondary N) is 1. The Labute approximate surface area is 129 Å². The summed E-state index contributed by atoms with van der Waals surface area (Å²) in [4.78, 5) is 15.6. The van der Waals surface area contributed by atoms with E-state index in [1.54, 1.807) is 0 Å². The first-order valence-corrected chi connectivity index (χ1v) is 5.85. The lowest BCUT2D eigenvalue weighted by atomic mass is 10.2. The highest BCUT2D eigenvalue weighted by Gasteiger charge is 2.30. The second-order valence-corrected chi connectivity index (χ2v) is 4.23. The number of hydrogen-bond donors (Lipinski definition) is 1. The molecule has 0 aliphatic carbocycles. The van der Waals surface area contributed by atoms with Crippen molar-refractivity contribution in [3.63, 3.8) is 0 Å². The highest BCUT2D eigenvalue weighted by Crippen LogP contribution is 2.30. The molecule has 2 aromatic rings. The first-order chi connectivity index (χ1) is 9.38. The van der Waals surface area contributed by atoms with Crippen molar-refractivity contribution >= 4 is 23.2 Å². The van der Waals surface area contributed by atoms with Crippen LogP contribution in [-0.4, -0.2) is 10.9 Å². The Hall–Kier alpha value is -1.79. The number of aromatic nitrogens is 1. The summed E-state index contributed by atoms with van der Waals surface area (Å²) in [5, 5.41) is 2.33. The van der Waals surface area contributed by atoms with Gasteiger partial charge in [-0.25, -0.2) is 4.98 Å². The first-order valence-electron chi connectivity index (χ1n) is 5.47. The Kier molecular flexibility index (Phi) is 5.57. The maximum Gasteiger partial charge on any atom is 0.416 e. The molecule has 0 saturated carbocycles. The molecule has 8 heteroatoms. The van der Waals surface area contributed by atoms with E-state index in [0.717, 1.165) is 12.1 Å². The van der Waals surface area contributed by atoms with Crippen molar-refractivity contribution in [2.75, 3.05) is 5.32 Å². The largest absolute Gasteiger partial charge is 1.00 e. The zero-order valence-corrected chi connectivity index (χ0v) is 11.8. The maximum absolute atomic E-state index is 12.5. The molecular formula is C13H8Cl2F3N2O-. The molecule has 1 N–H and O–H groups in total. The second kappa shape index (κ2) is 6.78. The summed E-state index contributed by atoms with van der Waals surface area (Å²) in [6.45, 7) is 0. The van der Waals surface area contributed by atoms with Gasteiger partial charge in [0.1, 0.15) is 5.15 Å². The van der Waals surface area contributed by atoms with Crippen LogP contribution in [0.3, 0.4) is 0 Å². The summed E-state index contributed by atoms with van der Waals surface area (Å²) in [5.74, 6) is -0.623. The van der Waals surface area contributed by atoms with Gasteiger partial charge in [0.15, 0.2) is 0 Å². The number of pyridine rings is 1. The van der Waals surface area contributed by atoms with Crippen LogP contribution in [0, 0.1) is 0 Å². The van der Waals surface area contributed by atoms with Gasteiger partial charge in [-0.15, -0.1) is 0 Å². The van der Waals surface area contributed by atoms with Gasteiger partial charge in [-0.2, -0.15) is 13.2 Å². The normalized spacial score (nSPS) is 10.7. The lowest BCUT2D eigenvalue weighted by Gasteiger charge is -2.10. The number of benzene rings is 1. The second-order valence-electron chi connectivity index (χ2n) is 3.87. The number of carbonyl (C=O) groups is 1. The molecule has 3 nitrogen and oxygen atoms in total. The minimum Gasteiger partial charge on any atom is -1.00 e. The van der Waals surface area contributed by atoms with E-state index in [1.807, 2.05) is 0 Å². The van der Waals surface area contributed by atoms with Gasteiger partial charge in [-0.05, 0) is 30.3 Å². The van der Waals surface area contributed by atoms with Crippen molar-refractivity contribution in [2.24, 2.45) is 0 Å². The molecule has 0 bridgehead atoms. The summed E-state index contributed by atoms with van der Waals surface area (Å²) in [5.41, 5.74) is -0.719. The fourth-order valence-corrected chi connectivity index (χ4v) is 1.73. The number of carbonyl (C=O) groups excluding carboxylic acids is 1. The minimum atomic E-state index is -4.47. The quantitative estimate of drug-likeness (QED) is 0.832. The number of rotatable bonds is 2. The molecule has 112 valence electrons. The maximum atomic E-state index is 12.5. The minimum absolute atomic E-state index is 0. The van der Waals surface area contributed by atoms with E-state index in [4.69, 9.17) is 11.6 Å². The smallest absolute Gasteiger partial charge is 0.416 e. The molecule has 0 radical (unpaired) electrons. The van der Waals surface area contributed by atoms with Gasteiger partial charge in [0, 0.05) is 11.9 Å².